The predicted octanol–water partition coefficient (Wildman–Crippen LogP) is 0.287. The summed E-state index contributed by atoms with van der Waals surface area (Å²) in [7, 11) is 1.24. The summed E-state index contributed by atoms with van der Waals surface area (Å²) in [4.78, 5) is 34.4. The van der Waals surface area contributed by atoms with E-state index in [1.54, 1.807) is 0 Å². The van der Waals surface area contributed by atoms with Crippen molar-refractivity contribution in [3.8, 4) is 0 Å². The molecule has 1 rings (SSSR count). The van der Waals surface area contributed by atoms with E-state index in [-0.39, 0.29) is 24.8 Å². The summed E-state index contributed by atoms with van der Waals surface area (Å²) in [6.07, 6.45) is 2.74. The van der Waals surface area contributed by atoms with E-state index in [2.05, 4.69) is 22.3 Å². The highest BCUT2D eigenvalue weighted by molar-refractivity contribution is 5.87. The Kier molecular flexibility index (Phi) is 7.14. The van der Waals surface area contributed by atoms with Gasteiger partial charge in [-0.25, -0.2) is 4.79 Å². The lowest BCUT2D eigenvalue weighted by Crippen LogP contribution is -2.52. The van der Waals surface area contributed by atoms with Crippen LogP contribution in [0.25, 0.3) is 0 Å². The number of methoxy groups -OCH3 is 1. The molecule has 1 heterocycles. The molecule has 2 unspecified atom stereocenters. The van der Waals surface area contributed by atoms with Gasteiger partial charge in [-0.05, 0) is 31.7 Å². The van der Waals surface area contributed by atoms with Crippen LogP contribution in [0.2, 0.25) is 0 Å². The van der Waals surface area contributed by atoms with Crippen molar-refractivity contribution in [3.63, 3.8) is 0 Å². The molecule has 1 aliphatic rings. The van der Waals surface area contributed by atoms with E-state index >= 15 is 0 Å². The molecule has 1 saturated heterocycles. The molecule has 0 aliphatic carbocycles. The van der Waals surface area contributed by atoms with E-state index in [1.807, 2.05) is 0 Å². The van der Waals surface area contributed by atoms with Crippen molar-refractivity contribution in [2.75, 3.05) is 13.7 Å². The minimum atomic E-state index is -1.14. The quantitative estimate of drug-likeness (QED) is 0.584. The van der Waals surface area contributed by atoms with E-state index in [0.717, 1.165) is 19.4 Å². The standard InChI is InChI=1S/C14H24N2O5/c1-3-9-6-7-15-11(8-9)13(18)16-10(14(19)20)4-5-12(17)21-2/h9-11,15H,3-8H2,1-2H3,(H,16,18)(H,19,20)/t9?,10-,11?/m0/s1. The monoisotopic (exact) mass is 300 g/mol. The highest BCUT2D eigenvalue weighted by Gasteiger charge is 2.29. The number of carboxylic acids is 1. The first kappa shape index (κ1) is 17.4. The molecule has 0 aromatic heterocycles. The maximum atomic E-state index is 12.1. The first-order valence-corrected chi connectivity index (χ1v) is 7.31. The molecule has 0 spiro atoms. The second-order valence-electron chi connectivity index (χ2n) is 5.32. The normalized spacial score (nSPS) is 23.1. The van der Waals surface area contributed by atoms with Crippen LogP contribution in [0.15, 0.2) is 0 Å². The summed E-state index contributed by atoms with van der Waals surface area (Å²) in [5.74, 6) is -1.46. The van der Waals surface area contributed by atoms with Crippen LogP contribution in [-0.2, 0) is 19.1 Å². The number of hydrogen-bond acceptors (Lipinski definition) is 5. The fraction of sp³-hybridized carbons (Fsp3) is 0.786. The molecule has 120 valence electrons. The summed E-state index contributed by atoms with van der Waals surface area (Å²) in [5, 5.41) is 14.7. The number of carbonyl (C=O) groups is 3. The van der Waals surface area contributed by atoms with E-state index in [0.29, 0.717) is 12.3 Å². The molecule has 1 fully saturated rings. The number of piperidine rings is 1. The van der Waals surface area contributed by atoms with Crippen LogP contribution >= 0.6 is 0 Å². The van der Waals surface area contributed by atoms with Crippen LogP contribution in [0.3, 0.4) is 0 Å². The zero-order valence-corrected chi connectivity index (χ0v) is 12.6. The van der Waals surface area contributed by atoms with Gasteiger partial charge in [-0.2, -0.15) is 0 Å². The van der Waals surface area contributed by atoms with Gasteiger partial charge in [0.15, 0.2) is 0 Å². The van der Waals surface area contributed by atoms with Crippen molar-refractivity contribution in [1.29, 1.82) is 0 Å². The van der Waals surface area contributed by atoms with Gasteiger partial charge in [-0.15, -0.1) is 0 Å². The number of rotatable bonds is 7. The van der Waals surface area contributed by atoms with E-state index in [9.17, 15) is 14.4 Å². The number of carbonyl (C=O) groups excluding carboxylic acids is 2. The Bertz CT molecular complexity index is 386. The zero-order valence-electron chi connectivity index (χ0n) is 12.6. The van der Waals surface area contributed by atoms with Gasteiger partial charge in [-0.1, -0.05) is 13.3 Å². The van der Waals surface area contributed by atoms with Gasteiger partial charge in [0.1, 0.15) is 6.04 Å². The molecular weight excluding hydrogens is 276 g/mol. The number of aliphatic carboxylic acids is 1. The molecule has 1 aliphatic heterocycles. The van der Waals surface area contributed by atoms with Crippen molar-refractivity contribution >= 4 is 17.8 Å². The number of esters is 1. The summed E-state index contributed by atoms with van der Waals surface area (Å²) >= 11 is 0. The molecule has 21 heavy (non-hydrogen) atoms. The van der Waals surface area contributed by atoms with Gasteiger partial charge >= 0.3 is 11.9 Å². The molecule has 0 saturated carbocycles. The van der Waals surface area contributed by atoms with E-state index in [4.69, 9.17) is 5.11 Å². The summed E-state index contributed by atoms with van der Waals surface area (Å²) in [6, 6.07) is -1.43. The molecule has 3 N–H and O–H groups in total. The fourth-order valence-electron chi connectivity index (χ4n) is 2.46. The molecule has 0 aromatic carbocycles. The summed E-state index contributed by atoms with van der Waals surface area (Å²) < 4.78 is 4.47. The Morgan fingerprint density at radius 3 is 2.71 bits per heavy atom. The molecule has 3 atom stereocenters. The third kappa shape index (κ3) is 5.71. The maximum Gasteiger partial charge on any atom is 0.326 e. The van der Waals surface area contributed by atoms with Crippen molar-refractivity contribution in [3.05, 3.63) is 0 Å². The molecule has 0 bridgehead atoms. The lowest BCUT2D eigenvalue weighted by molar-refractivity contribution is -0.144. The van der Waals surface area contributed by atoms with Crippen LogP contribution < -0.4 is 10.6 Å². The largest absolute Gasteiger partial charge is 0.480 e. The second kappa shape index (κ2) is 8.61. The molecule has 0 aromatic rings. The first-order chi connectivity index (χ1) is 9.97. The maximum absolute atomic E-state index is 12.1. The zero-order chi connectivity index (χ0) is 15.8. The van der Waals surface area contributed by atoms with Crippen LogP contribution in [0.4, 0.5) is 0 Å². The van der Waals surface area contributed by atoms with E-state index in [1.165, 1.54) is 7.11 Å². The lowest BCUT2D eigenvalue weighted by atomic mass is 9.90. The molecular formula is C14H24N2O5. The van der Waals surface area contributed by atoms with E-state index < -0.39 is 18.0 Å². The Labute approximate surface area is 124 Å². The SMILES string of the molecule is CCC1CCNC(C(=O)N[C@@H](CCC(=O)OC)C(=O)O)C1. The lowest BCUT2D eigenvalue weighted by Gasteiger charge is -2.29. The van der Waals surface area contributed by atoms with Crippen molar-refractivity contribution in [2.24, 2.45) is 5.92 Å². The van der Waals surface area contributed by atoms with Gasteiger partial charge in [0, 0.05) is 6.42 Å². The number of amides is 1. The van der Waals surface area contributed by atoms with Gasteiger partial charge in [0.05, 0.1) is 13.2 Å². The first-order valence-electron chi connectivity index (χ1n) is 7.31. The van der Waals surface area contributed by atoms with Crippen LogP contribution in [0.5, 0.6) is 0 Å². The third-order valence-corrected chi connectivity index (χ3v) is 3.89. The molecule has 0 radical (unpaired) electrons. The van der Waals surface area contributed by atoms with Gasteiger partial charge in [0.2, 0.25) is 5.91 Å². The number of carboxylic acid groups (broad SMARTS) is 1. The van der Waals surface area contributed by atoms with Crippen molar-refractivity contribution in [2.45, 2.75) is 51.1 Å². The Morgan fingerprint density at radius 2 is 2.14 bits per heavy atom. The Morgan fingerprint density at radius 1 is 1.43 bits per heavy atom. The molecule has 7 nitrogen and oxygen atoms in total. The van der Waals surface area contributed by atoms with Crippen molar-refractivity contribution < 1.29 is 24.2 Å². The minimum absolute atomic E-state index is 0.0255. The van der Waals surface area contributed by atoms with Gasteiger partial charge in [-0.3, -0.25) is 9.59 Å². The van der Waals surface area contributed by atoms with Crippen molar-refractivity contribution in [1.82, 2.24) is 10.6 Å². The number of ether oxygens (including phenoxy) is 1. The van der Waals surface area contributed by atoms with Crippen LogP contribution in [-0.4, -0.2) is 48.7 Å². The van der Waals surface area contributed by atoms with Crippen LogP contribution in [0, 0.1) is 5.92 Å². The highest BCUT2D eigenvalue weighted by atomic mass is 16.5. The Hall–Kier alpha value is -1.63. The highest BCUT2D eigenvalue weighted by Crippen LogP contribution is 2.19. The fourth-order valence-corrected chi connectivity index (χ4v) is 2.46. The van der Waals surface area contributed by atoms with Crippen LogP contribution in [0.1, 0.15) is 39.0 Å². The summed E-state index contributed by atoms with van der Waals surface area (Å²) in [5.41, 5.74) is 0. The third-order valence-electron chi connectivity index (χ3n) is 3.89. The number of nitrogens with one attached hydrogen (secondary N) is 2. The molecule has 7 heteroatoms. The predicted molar refractivity (Wildman–Crippen MR) is 75.6 cm³/mol. The smallest absolute Gasteiger partial charge is 0.326 e. The molecule has 1 amide bonds. The Balaban J connectivity index is 2.51. The van der Waals surface area contributed by atoms with Gasteiger partial charge < -0.3 is 20.5 Å². The average Bonchev–Trinajstić information content (AvgIpc) is 2.50. The topological polar surface area (TPSA) is 105 Å². The summed E-state index contributed by atoms with van der Waals surface area (Å²) in [6.45, 7) is 2.85. The second-order valence-corrected chi connectivity index (χ2v) is 5.32. The average molecular weight is 300 g/mol. The van der Waals surface area contributed by atoms with Gasteiger partial charge in [0.25, 0.3) is 0 Å². The number of hydrogen-bond donors (Lipinski definition) is 3. The minimum Gasteiger partial charge on any atom is -0.480 e.